The third kappa shape index (κ3) is 6.50. The quantitative estimate of drug-likeness (QED) is 0.730. The Morgan fingerprint density at radius 2 is 1.78 bits per heavy atom. The van der Waals surface area contributed by atoms with Gasteiger partial charge in [-0.1, -0.05) is 19.9 Å². The molecule has 0 aromatic heterocycles. The third-order valence-electron chi connectivity index (χ3n) is 3.27. The zero-order chi connectivity index (χ0) is 16.9. The first-order chi connectivity index (χ1) is 10.2. The SMILES string of the molecule is CC(NC(=O)CNC(=O)[C@@H](N)C(C)C)c1ccc(F)c(F)c1.Cl. The molecule has 23 heavy (non-hydrogen) atoms. The van der Waals surface area contributed by atoms with E-state index in [1.807, 2.05) is 0 Å². The van der Waals surface area contributed by atoms with Gasteiger partial charge in [-0.15, -0.1) is 12.4 Å². The van der Waals surface area contributed by atoms with E-state index in [1.54, 1.807) is 20.8 Å². The van der Waals surface area contributed by atoms with Gasteiger partial charge in [-0.3, -0.25) is 9.59 Å². The Bertz CT molecular complexity index is 556. The first-order valence-corrected chi connectivity index (χ1v) is 7.00. The standard InChI is InChI=1S/C15H21F2N3O2.ClH/c1-8(2)14(18)15(22)19-7-13(21)20-9(3)10-4-5-11(16)12(17)6-10;/h4-6,8-9,14H,7,18H2,1-3H3,(H,19,22)(H,20,21);1H/t9?,14-;/m0./s1. The molecule has 0 heterocycles. The monoisotopic (exact) mass is 349 g/mol. The molecule has 1 aromatic rings. The van der Waals surface area contributed by atoms with Gasteiger partial charge in [0.15, 0.2) is 11.6 Å². The molecule has 1 unspecified atom stereocenters. The van der Waals surface area contributed by atoms with Crippen LogP contribution in [0, 0.1) is 17.6 Å². The van der Waals surface area contributed by atoms with Crippen molar-refractivity contribution in [2.45, 2.75) is 32.9 Å². The van der Waals surface area contributed by atoms with Crippen LogP contribution in [0.25, 0.3) is 0 Å². The molecule has 4 N–H and O–H groups in total. The van der Waals surface area contributed by atoms with Crippen LogP contribution in [0.1, 0.15) is 32.4 Å². The fraction of sp³-hybridized carbons (Fsp3) is 0.467. The second kappa shape index (κ2) is 9.42. The Morgan fingerprint density at radius 3 is 2.30 bits per heavy atom. The van der Waals surface area contributed by atoms with Crippen LogP contribution in [-0.2, 0) is 9.59 Å². The zero-order valence-corrected chi connectivity index (χ0v) is 14.0. The van der Waals surface area contributed by atoms with Gasteiger partial charge in [0.05, 0.1) is 18.6 Å². The minimum atomic E-state index is -0.977. The molecule has 0 spiro atoms. The fourth-order valence-corrected chi connectivity index (χ4v) is 1.75. The van der Waals surface area contributed by atoms with E-state index < -0.39 is 35.5 Å². The van der Waals surface area contributed by atoms with Crippen molar-refractivity contribution in [1.82, 2.24) is 10.6 Å². The van der Waals surface area contributed by atoms with Crippen LogP contribution in [0.5, 0.6) is 0 Å². The van der Waals surface area contributed by atoms with E-state index >= 15 is 0 Å². The van der Waals surface area contributed by atoms with Gasteiger partial charge in [0.1, 0.15) is 0 Å². The lowest BCUT2D eigenvalue weighted by Gasteiger charge is -2.17. The summed E-state index contributed by atoms with van der Waals surface area (Å²) in [5.74, 6) is -2.82. The summed E-state index contributed by atoms with van der Waals surface area (Å²) in [5.41, 5.74) is 6.08. The molecule has 0 saturated heterocycles. The number of carbonyl (C=O) groups is 2. The summed E-state index contributed by atoms with van der Waals surface area (Å²) in [7, 11) is 0. The number of carbonyl (C=O) groups excluding carboxylic acids is 2. The van der Waals surface area contributed by atoms with Crippen molar-refractivity contribution in [3.05, 3.63) is 35.4 Å². The Morgan fingerprint density at radius 1 is 1.17 bits per heavy atom. The maximum absolute atomic E-state index is 13.1. The molecule has 8 heteroatoms. The first kappa shape index (κ1) is 21.3. The van der Waals surface area contributed by atoms with Crippen molar-refractivity contribution < 1.29 is 18.4 Å². The van der Waals surface area contributed by atoms with Crippen molar-refractivity contribution in [3.8, 4) is 0 Å². The summed E-state index contributed by atoms with van der Waals surface area (Å²) in [5, 5.41) is 5.01. The summed E-state index contributed by atoms with van der Waals surface area (Å²) in [6, 6.07) is 2.20. The summed E-state index contributed by atoms with van der Waals surface area (Å²) < 4.78 is 26.0. The van der Waals surface area contributed by atoms with Crippen LogP contribution in [-0.4, -0.2) is 24.4 Å². The molecule has 130 valence electrons. The van der Waals surface area contributed by atoms with E-state index in [4.69, 9.17) is 5.73 Å². The highest BCUT2D eigenvalue weighted by molar-refractivity contribution is 5.87. The minimum Gasteiger partial charge on any atom is -0.348 e. The molecular formula is C15H22ClF2N3O2. The van der Waals surface area contributed by atoms with Crippen LogP contribution in [0.3, 0.4) is 0 Å². The van der Waals surface area contributed by atoms with Gasteiger partial charge < -0.3 is 16.4 Å². The Labute approximate surface area is 140 Å². The number of hydrogen-bond donors (Lipinski definition) is 3. The first-order valence-electron chi connectivity index (χ1n) is 7.00. The van der Waals surface area contributed by atoms with E-state index in [0.717, 1.165) is 12.1 Å². The molecule has 5 nitrogen and oxygen atoms in total. The van der Waals surface area contributed by atoms with Crippen molar-refractivity contribution >= 4 is 24.2 Å². The largest absolute Gasteiger partial charge is 0.348 e. The van der Waals surface area contributed by atoms with Crippen LogP contribution in [0.15, 0.2) is 18.2 Å². The molecule has 0 aliphatic rings. The lowest BCUT2D eigenvalue weighted by atomic mass is 10.1. The predicted octanol–water partition coefficient (Wildman–Crippen LogP) is 1.66. The van der Waals surface area contributed by atoms with Crippen LogP contribution in [0.2, 0.25) is 0 Å². The number of halogens is 3. The average Bonchev–Trinajstić information content (AvgIpc) is 2.46. The number of hydrogen-bond acceptors (Lipinski definition) is 3. The third-order valence-corrected chi connectivity index (χ3v) is 3.27. The zero-order valence-electron chi connectivity index (χ0n) is 13.2. The lowest BCUT2D eigenvalue weighted by molar-refractivity contribution is -0.127. The predicted molar refractivity (Wildman–Crippen MR) is 86.0 cm³/mol. The normalized spacial score (nSPS) is 13.0. The van der Waals surface area contributed by atoms with Crippen LogP contribution >= 0.6 is 12.4 Å². The van der Waals surface area contributed by atoms with E-state index in [1.165, 1.54) is 6.07 Å². The number of rotatable bonds is 6. The highest BCUT2D eigenvalue weighted by atomic mass is 35.5. The van der Waals surface area contributed by atoms with E-state index in [0.29, 0.717) is 5.56 Å². The smallest absolute Gasteiger partial charge is 0.239 e. The number of amides is 2. The molecule has 0 saturated carbocycles. The Hall–Kier alpha value is -1.73. The van der Waals surface area contributed by atoms with Gasteiger partial charge in [0.2, 0.25) is 11.8 Å². The van der Waals surface area contributed by atoms with Gasteiger partial charge in [0, 0.05) is 0 Å². The van der Waals surface area contributed by atoms with Gasteiger partial charge in [-0.25, -0.2) is 8.78 Å². The summed E-state index contributed by atoms with van der Waals surface area (Å²) >= 11 is 0. The molecule has 2 amide bonds. The minimum absolute atomic E-state index is 0. The van der Waals surface area contributed by atoms with E-state index in [9.17, 15) is 18.4 Å². The second-order valence-corrected chi connectivity index (χ2v) is 5.45. The fourth-order valence-electron chi connectivity index (χ4n) is 1.75. The van der Waals surface area contributed by atoms with Gasteiger partial charge >= 0.3 is 0 Å². The average molecular weight is 350 g/mol. The topological polar surface area (TPSA) is 84.2 Å². The maximum atomic E-state index is 13.1. The summed E-state index contributed by atoms with van der Waals surface area (Å²) in [4.78, 5) is 23.4. The lowest BCUT2D eigenvalue weighted by Crippen LogP contribution is -2.47. The molecule has 0 fully saturated rings. The molecule has 0 radical (unpaired) electrons. The van der Waals surface area contributed by atoms with Gasteiger partial charge in [-0.2, -0.15) is 0 Å². The highest BCUT2D eigenvalue weighted by Gasteiger charge is 2.18. The summed E-state index contributed by atoms with van der Waals surface area (Å²) in [6.45, 7) is 5.00. The van der Waals surface area contributed by atoms with Crippen molar-refractivity contribution in [3.63, 3.8) is 0 Å². The maximum Gasteiger partial charge on any atom is 0.239 e. The number of nitrogens with one attached hydrogen (secondary N) is 2. The highest BCUT2D eigenvalue weighted by Crippen LogP contribution is 2.15. The molecule has 1 rings (SSSR count). The Kier molecular flexibility index (Phi) is 8.71. The van der Waals surface area contributed by atoms with Crippen LogP contribution < -0.4 is 16.4 Å². The molecule has 0 bridgehead atoms. The van der Waals surface area contributed by atoms with E-state index in [2.05, 4.69) is 10.6 Å². The van der Waals surface area contributed by atoms with Gasteiger partial charge in [-0.05, 0) is 30.5 Å². The van der Waals surface area contributed by atoms with E-state index in [-0.39, 0.29) is 24.9 Å². The number of nitrogens with two attached hydrogens (primary N) is 1. The van der Waals surface area contributed by atoms with Gasteiger partial charge in [0.25, 0.3) is 0 Å². The van der Waals surface area contributed by atoms with Crippen molar-refractivity contribution in [1.29, 1.82) is 0 Å². The van der Waals surface area contributed by atoms with Crippen LogP contribution in [0.4, 0.5) is 8.78 Å². The van der Waals surface area contributed by atoms with Crippen molar-refractivity contribution in [2.75, 3.05) is 6.54 Å². The second-order valence-electron chi connectivity index (χ2n) is 5.45. The summed E-state index contributed by atoms with van der Waals surface area (Å²) in [6.07, 6.45) is 0. The van der Waals surface area contributed by atoms with Crippen molar-refractivity contribution in [2.24, 2.45) is 11.7 Å². The molecule has 0 aliphatic carbocycles. The Balaban J connectivity index is 0.00000484. The molecular weight excluding hydrogens is 328 g/mol. The molecule has 2 atom stereocenters. The molecule has 0 aliphatic heterocycles. The molecule has 1 aromatic carbocycles. The number of benzene rings is 1.